The summed E-state index contributed by atoms with van der Waals surface area (Å²) in [6, 6.07) is 9.65. The molecule has 4 heteroatoms. The SMILES string of the molecule is COc1ccccc1CC(N)c1ccoc1Br. The number of rotatable bonds is 4. The Morgan fingerprint density at radius 1 is 1.35 bits per heavy atom. The number of methoxy groups -OCH3 is 1. The normalized spacial score (nSPS) is 12.4. The van der Waals surface area contributed by atoms with Crippen molar-refractivity contribution in [2.24, 2.45) is 5.73 Å². The van der Waals surface area contributed by atoms with Crippen LogP contribution in [0.3, 0.4) is 0 Å². The van der Waals surface area contributed by atoms with Gasteiger partial charge in [-0.25, -0.2) is 0 Å². The van der Waals surface area contributed by atoms with Crippen LogP contribution in [0.2, 0.25) is 0 Å². The first-order chi connectivity index (χ1) is 8.22. The van der Waals surface area contributed by atoms with Crippen LogP contribution in [-0.2, 0) is 6.42 Å². The van der Waals surface area contributed by atoms with Gasteiger partial charge in [-0.05, 0) is 40.0 Å². The second-order valence-electron chi connectivity index (χ2n) is 3.77. The standard InChI is InChI=1S/C13H14BrNO2/c1-16-12-5-3-2-4-9(12)8-11(15)10-6-7-17-13(10)14/h2-7,11H,8,15H2,1H3. The van der Waals surface area contributed by atoms with Gasteiger partial charge in [0.15, 0.2) is 4.67 Å². The van der Waals surface area contributed by atoms with Crippen LogP contribution >= 0.6 is 15.9 Å². The molecule has 1 aromatic heterocycles. The minimum atomic E-state index is -0.112. The van der Waals surface area contributed by atoms with Crippen molar-refractivity contribution in [3.05, 3.63) is 52.4 Å². The molecule has 0 saturated heterocycles. The van der Waals surface area contributed by atoms with E-state index < -0.39 is 0 Å². The number of ether oxygens (including phenoxy) is 1. The highest BCUT2D eigenvalue weighted by atomic mass is 79.9. The number of nitrogens with two attached hydrogens (primary N) is 1. The predicted octanol–water partition coefficient (Wildman–Crippen LogP) is 3.29. The molecule has 0 amide bonds. The lowest BCUT2D eigenvalue weighted by Gasteiger charge is -2.13. The zero-order valence-electron chi connectivity index (χ0n) is 9.52. The summed E-state index contributed by atoms with van der Waals surface area (Å²) >= 11 is 3.34. The third-order valence-corrected chi connectivity index (χ3v) is 3.32. The van der Waals surface area contributed by atoms with Gasteiger partial charge in [0.25, 0.3) is 0 Å². The molecule has 3 nitrogen and oxygen atoms in total. The summed E-state index contributed by atoms with van der Waals surface area (Å²) in [5.41, 5.74) is 8.21. The minimum absolute atomic E-state index is 0.112. The van der Waals surface area contributed by atoms with Crippen LogP contribution in [0.4, 0.5) is 0 Å². The van der Waals surface area contributed by atoms with Crippen molar-refractivity contribution >= 4 is 15.9 Å². The first kappa shape index (κ1) is 12.2. The molecule has 17 heavy (non-hydrogen) atoms. The first-order valence-electron chi connectivity index (χ1n) is 5.32. The molecule has 2 aromatic rings. The number of halogens is 1. The highest BCUT2D eigenvalue weighted by Gasteiger charge is 2.14. The number of hydrogen-bond donors (Lipinski definition) is 1. The van der Waals surface area contributed by atoms with E-state index in [4.69, 9.17) is 14.9 Å². The average molecular weight is 296 g/mol. The molecule has 90 valence electrons. The van der Waals surface area contributed by atoms with E-state index >= 15 is 0 Å². The minimum Gasteiger partial charge on any atom is -0.496 e. The number of benzene rings is 1. The summed E-state index contributed by atoms with van der Waals surface area (Å²) in [4.78, 5) is 0. The molecule has 0 bridgehead atoms. The third-order valence-electron chi connectivity index (χ3n) is 2.68. The molecule has 0 radical (unpaired) electrons. The zero-order chi connectivity index (χ0) is 12.3. The van der Waals surface area contributed by atoms with Crippen molar-refractivity contribution in [2.45, 2.75) is 12.5 Å². The summed E-state index contributed by atoms with van der Waals surface area (Å²) in [5.74, 6) is 0.863. The summed E-state index contributed by atoms with van der Waals surface area (Å²) in [6.45, 7) is 0. The van der Waals surface area contributed by atoms with Crippen LogP contribution in [0.15, 0.2) is 45.7 Å². The van der Waals surface area contributed by atoms with E-state index in [0.29, 0.717) is 11.1 Å². The number of para-hydroxylation sites is 1. The molecule has 0 spiro atoms. The molecule has 0 fully saturated rings. The maximum absolute atomic E-state index is 6.15. The third kappa shape index (κ3) is 2.70. The lowest BCUT2D eigenvalue weighted by molar-refractivity contribution is 0.408. The van der Waals surface area contributed by atoms with Crippen LogP contribution in [0.1, 0.15) is 17.2 Å². The molecule has 0 saturated carbocycles. The Kier molecular flexibility index (Phi) is 3.86. The van der Waals surface area contributed by atoms with Crippen LogP contribution in [-0.4, -0.2) is 7.11 Å². The molecule has 1 atom stereocenters. The monoisotopic (exact) mass is 295 g/mol. The Hall–Kier alpha value is -1.26. The van der Waals surface area contributed by atoms with Gasteiger partial charge in [-0.15, -0.1) is 0 Å². The lowest BCUT2D eigenvalue weighted by Crippen LogP contribution is -2.13. The molecule has 0 aliphatic rings. The summed E-state index contributed by atoms with van der Waals surface area (Å²) in [7, 11) is 1.66. The topological polar surface area (TPSA) is 48.4 Å². The highest BCUT2D eigenvalue weighted by molar-refractivity contribution is 9.10. The fourth-order valence-electron chi connectivity index (χ4n) is 1.79. The largest absolute Gasteiger partial charge is 0.496 e. The fraction of sp³-hybridized carbons (Fsp3) is 0.231. The van der Waals surface area contributed by atoms with Crippen molar-refractivity contribution in [1.29, 1.82) is 0 Å². The smallest absolute Gasteiger partial charge is 0.173 e. The molecule has 1 aromatic carbocycles. The molecule has 0 aliphatic heterocycles. The van der Waals surface area contributed by atoms with Crippen LogP contribution < -0.4 is 10.5 Å². The van der Waals surface area contributed by atoms with Crippen molar-refractivity contribution < 1.29 is 9.15 Å². The van der Waals surface area contributed by atoms with Gasteiger partial charge in [0.1, 0.15) is 5.75 Å². The first-order valence-corrected chi connectivity index (χ1v) is 6.12. The van der Waals surface area contributed by atoms with E-state index in [1.807, 2.05) is 30.3 Å². The van der Waals surface area contributed by atoms with E-state index in [1.165, 1.54) is 0 Å². The quantitative estimate of drug-likeness (QED) is 0.941. The van der Waals surface area contributed by atoms with Gasteiger partial charge in [0.2, 0.25) is 0 Å². The highest BCUT2D eigenvalue weighted by Crippen LogP contribution is 2.28. The van der Waals surface area contributed by atoms with Crippen molar-refractivity contribution in [3.63, 3.8) is 0 Å². The Labute approximate surface area is 109 Å². The van der Waals surface area contributed by atoms with E-state index in [1.54, 1.807) is 13.4 Å². The van der Waals surface area contributed by atoms with Gasteiger partial charge in [0.05, 0.1) is 13.4 Å². The molecular weight excluding hydrogens is 282 g/mol. The Morgan fingerprint density at radius 3 is 2.76 bits per heavy atom. The predicted molar refractivity (Wildman–Crippen MR) is 70.0 cm³/mol. The molecule has 0 aliphatic carbocycles. The van der Waals surface area contributed by atoms with Gasteiger partial charge in [-0.1, -0.05) is 18.2 Å². The molecular formula is C13H14BrNO2. The van der Waals surface area contributed by atoms with Gasteiger partial charge >= 0.3 is 0 Å². The fourth-order valence-corrected chi connectivity index (χ4v) is 2.32. The molecule has 2 rings (SSSR count). The summed E-state index contributed by atoms with van der Waals surface area (Å²) in [5, 5.41) is 0. The summed E-state index contributed by atoms with van der Waals surface area (Å²) < 4.78 is 11.2. The van der Waals surface area contributed by atoms with Gasteiger partial charge in [-0.3, -0.25) is 0 Å². The number of hydrogen-bond acceptors (Lipinski definition) is 3. The van der Waals surface area contributed by atoms with E-state index in [2.05, 4.69) is 15.9 Å². The van der Waals surface area contributed by atoms with E-state index in [0.717, 1.165) is 16.9 Å². The van der Waals surface area contributed by atoms with E-state index in [9.17, 15) is 0 Å². The second kappa shape index (κ2) is 5.38. The zero-order valence-corrected chi connectivity index (χ0v) is 11.1. The van der Waals surface area contributed by atoms with Gasteiger partial charge < -0.3 is 14.9 Å². The molecule has 1 unspecified atom stereocenters. The Bertz CT molecular complexity index is 496. The van der Waals surface area contributed by atoms with Gasteiger partial charge in [0, 0.05) is 11.6 Å². The van der Waals surface area contributed by atoms with Crippen molar-refractivity contribution in [2.75, 3.05) is 7.11 Å². The van der Waals surface area contributed by atoms with Crippen molar-refractivity contribution in [3.8, 4) is 5.75 Å². The van der Waals surface area contributed by atoms with Crippen LogP contribution in [0.25, 0.3) is 0 Å². The maximum Gasteiger partial charge on any atom is 0.173 e. The molecule has 2 N–H and O–H groups in total. The summed E-state index contributed by atoms with van der Waals surface area (Å²) in [6.07, 6.45) is 2.34. The Morgan fingerprint density at radius 2 is 2.12 bits per heavy atom. The second-order valence-corrected chi connectivity index (χ2v) is 4.49. The Balaban J connectivity index is 2.18. The van der Waals surface area contributed by atoms with Crippen LogP contribution in [0, 0.1) is 0 Å². The average Bonchev–Trinajstić information content (AvgIpc) is 2.76. The van der Waals surface area contributed by atoms with Gasteiger partial charge in [-0.2, -0.15) is 0 Å². The number of furan rings is 1. The lowest BCUT2D eigenvalue weighted by atomic mass is 10.0. The van der Waals surface area contributed by atoms with Crippen LogP contribution in [0.5, 0.6) is 5.75 Å². The van der Waals surface area contributed by atoms with Crippen molar-refractivity contribution in [1.82, 2.24) is 0 Å². The van der Waals surface area contributed by atoms with E-state index in [-0.39, 0.29) is 6.04 Å². The maximum atomic E-state index is 6.15. The molecule has 1 heterocycles.